The predicted octanol–water partition coefficient (Wildman–Crippen LogP) is 1.96. The predicted molar refractivity (Wildman–Crippen MR) is 61.8 cm³/mol. The smallest absolute Gasteiger partial charge is 0.189 e. The number of nitrogens with zero attached hydrogens (tertiary/aromatic N) is 1. The Bertz CT molecular complexity index is 341. The Morgan fingerprint density at radius 3 is 2.53 bits per heavy atom. The van der Waals surface area contributed by atoms with Gasteiger partial charge in [0.1, 0.15) is 17.6 Å². The van der Waals surface area contributed by atoms with E-state index in [1.54, 1.807) is 0 Å². The molecule has 3 N–H and O–H groups in total. The van der Waals surface area contributed by atoms with Gasteiger partial charge in [0.15, 0.2) is 5.96 Å². The largest absolute Gasteiger partial charge is 0.464 e. The molecule has 0 aliphatic heterocycles. The number of aryl methyl sites for hydroxylation is 1. The van der Waals surface area contributed by atoms with Crippen LogP contribution in [0.15, 0.2) is 21.5 Å². The Kier molecular flexibility index (Phi) is 3.77. The van der Waals surface area contributed by atoms with Crippen molar-refractivity contribution in [1.29, 1.82) is 0 Å². The van der Waals surface area contributed by atoms with E-state index in [-0.39, 0.29) is 6.04 Å². The van der Waals surface area contributed by atoms with Gasteiger partial charge in [-0.1, -0.05) is 0 Å². The van der Waals surface area contributed by atoms with E-state index in [0.29, 0.717) is 12.0 Å². The summed E-state index contributed by atoms with van der Waals surface area (Å²) in [5.41, 5.74) is 5.72. The maximum absolute atomic E-state index is 5.72. The molecule has 4 heteroatoms. The third-order valence-corrected chi connectivity index (χ3v) is 1.94. The Labute approximate surface area is 90.6 Å². The van der Waals surface area contributed by atoms with Crippen molar-refractivity contribution in [1.82, 2.24) is 5.32 Å². The van der Waals surface area contributed by atoms with Crippen molar-refractivity contribution >= 4 is 5.96 Å². The van der Waals surface area contributed by atoms with Gasteiger partial charge in [-0.05, 0) is 39.8 Å². The summed E-state index contributed by atoms with van der Waals surface area (Å²) < 4.78 is 5.46. The molecular formula is C11H19N3O. The lowest BCUT2D eigenvalue weighted by atomic mass is 10.3. The highest BCUT2D eigenvalue weighted by atomic mass is 16.3. The maximum Gasteiger partial charge on any atom is 0.189 e. The number of guanidine groups is 1. The van der Waals surface area contributed by atoms with Crippen LogP contribution in [0.2, 0.25) is 0 Å². The quantitative estimate of drug-likeness (QED) is 0.591. The number of hydrogen-bond donors (Lipinski definition) is 2. The summed E-state index contributed by atoms with van der Waals surface area (Å²) in [7, 11) is 0. The molecule has 1 aromatic rings. The van der Waals surface area contributed by atoms with Crippen molar-refractivity contribution in [2.75, 3.05) is 0 Å². The van der Waals surface area contributed by atoms with E-state index in [2.05, 4.69) is 10.3 Å². The summed E-state index contributed by atoms with van der Waals surface area (Å²) in [4.78, 5) is 4.29. The third-order valence-electron chi connectivity index (χ3n) is 1.94. The molecule has 4 nitrogen and oxygen atoms in total. The standard InChI is InChI=1S/C11H19N3O/c1-7(2)13-11(12)14-9(4)10-6-5-8(3)15-10/h5-7,9H,1-4H3,(H3,12,13,14). The zero-order chi connectivity index (χ0) is 11.4. The van der Waals surface area contributed by atoms with Crippen LogP contribution in [-0.4, -0.2) is 12.0 Å². The molecule has 1 unspecified atom stereocenters. The van der Waals surface area contributed by atoms with E-state index in [1.807, 2.05) is 39.8 Å². The molecule has 0 aliphatic rings. The van der Waals surface area contributed by atoms with Crippen LogP contribution < -0.4 is 11.1 Å². The second kappa shape index (κ2) is 4.87. The first-order valence-electron chi connectivity index (χ1n) is 5.15. The summed E-state index contributed by atoms with van der Waals surface area (Å²) in [6, 6.07) is 4.09. The van der Waals surface area contributed by atoms with Crippen molar-refractivity contribution < 1.29 is 4.42 Å². The lowest BCUT2D eigenvalue weighted by Crippen LogP contribution is -2.36. The van der Waals surface area contributed by atoms with Crippen LogP contribution in [0.4, 0.5) is 0 Å². The molecule has 1 aromatic heterocycles. The summed E-state index contributed by atoms with van der Waals surface area (Å²) in [6.45, 7) is 7.90. The minimum absolute atomic E-state index is 0.0510. The number of nitrogens with two attached hydrogens (primary N) is 1. The maximum atomic E-state index is 5.72. The monoisotopic (exact) mass is 209 g/mol. The first-order valence-corrected chi connectivity index (χ1v) is 5.15. The van der Waals surface area contributed by atoms with Gasteiger partial charge in [0.05, 0.1) is 0 Å². The number of nitrogens with one attached hydrogen (secondary N) is 1. The Morgan fingerprint density at radius 2 is 2.07 bits per heavy atom. The molecule has 0 aliphatic carbocycles. The Balaban J connectivity index is 2.65. The van der Waals surface area contributed by atoms with Crippen molar-refractivity contribution in [2.45, 2.75) is 39.8 Å². The third kappa shape index (κ3) is 3.65. The van der Waals surface area contributed by atoms with E-state index in [0.717, 1.165) is 11.5 Å². The van der Waals surface area contributed by atoms with Crippen molar-refractivity contribution in [3.8, 4) is 0 Å². The van der Waals surface area contributed by atoms with Crippen LogP contribution >= 0.6 is 0 Å². The second-order valence-corrected chi connectivity index (χ2v) is 3.94. The first kappa shape index (κ1) is 11.6. The average molecular weight is 209 g/mol. The van der Waals surface area contributed by atoms with E-state index in [9.17, 15) is 0 Å². The average Bonchev–Trinajstić information content (AvgIpc) is 2.49. The van der Waals surface area contributed by atoms with Gasteiger partial charge in [-0.3, -0.25) is 0 Å². The van der Waals surface area contributed by atoms with Crippen LogP contribution in [0.3, 0.4) is 0 Å². The van der Waals surface area contributed by atoms with Crippen molar-refractivity contribution in [3.63, 3.8) is 0 Å². The van der Waals surface area contributed by atoms with E-state index < -0.39 is 0 Å². The highest BCUT2D eigenvalue weighted by Crippen LogP contribution is 2.18. The minimum atomic E-state index is -0.0510. The molecule has 0 aromatic carbocycles. The summed E-state index contributed by atoms with van der Waals surface area (Å²) in [5.74, 6) is 2.18. The number of hydrogen-bond acceptors (Lipinski definition) is 2. The van der Waals surface area contributed by atoms with Gasteiger partial charge in [-0.15, -0.1) is 0 Å². The SMILES string of the molecule is Cc1ccc(C(C)N=C(N)NC(C)C)o1. The van der Waals surface area contributed by atoms with Gasteiger partial charge in [0, 0.05) is 6.04 Å². The minimum Gasteiger partial charge on any atom is -0.464 e. The molecule has 0 radical (unpaired) electrons. The molecule has 1 rings (SSSR count). The van der Waals surface area contributed by atoms with Crippen molar-refractivity contribution in [2.24, 2.45) is 10.7 Å². The number of furan rings is 1. The highest BCUT2D eigenvalue weighted by Gasteiger charge is 2.08. The van der Waals surface area contributed by atoms with E-state index in [4.69, 9.17) is 10.2 Å². The highest BCUT2D eigenvalue weighted by molar-refractivity contribution is 5.78. The molecule has 1 atom stereocenters. The van der Waals surface area contributed by atoms with Crippen LogP contribution in [0.1, 0.15) is 38.3 Å². The fourth-order valence-corrected chi connectivity index (χ4v) is 1.28. The molecule has 15 heavy (non-hydrogen) atoms. The molecule has 0 saturated heterocycles. The fourth-order valence-electron chi connectivity index (χ4n) is 1.28. The lowest BCUT2D eigenvalue weighted by molar-refractivity contribution is 0.457. The number of rotatable bonds is 3. The summed E-state index contributed by atoms with van der Waals surface area (Å²) in [5, 5.41) is 3.04. The number of aliphatic imine (C=N–C) groups is 1. The molecule has 0 bridgehead atoms. The van der Waals surface area contributed by atoms with Crippen LogP contribution in [-0.2, 0) is 0 Å². The Morgan fingerprint density at radius 1 is 1.40 bits per heavy atom. The molecule has 0 saturated carbocycles. The fraction of sp³-hybridized carbons (Fsp3) is 0.545. The van der Waals surface area contributed by atoms with Gasteiger partial charge in [-0.25, -0.2) is 4.99 Å². The summed E-state index contributed by atoms with van der Waals surface area (Å²) in [6.07, 6.45) is 0. The van der Waals surface area contributed by atoms with Crippen molar-refractivity contribution in [3.05, 3.63) is 23.7 Å². The Hall–Kier alpha value is -1.45. The normalized spacial score (nSPS) is 14.3. The van der Waals surface area contributed by atoms with Crippen LogP contribution in [0.5, 0.6) is 0 Å². The van der Waals surface area contributed by atoms with Gasteiger partial charge in [-0.2, -0.15) is 0 Å². The zero-order valence-electron chi connectivity index (χ0n) is 9.74. The second-order valence-electron chi connectivity index (χ2n) is 3.94. The van der Waals surface area contributed by atoms with Gasteiger partial charge < -0.3 is 15.5 Å². The molecule has 0 fully saturated rings. The van der Waals surface area contributed by atoms with Crippen LogP contribution in [0, 0.1) is 6.92 Å². The van der Waals surface area contributed by atoms with E-state index in [1.165, 1.54) is 0 Å². The van der Waals surface area contributed by atoms with Gasteiger partial charge in [0.25, 0.3) is 0 Å². The van der Waals surface area contributed by atoms with Crippen LogP contribution in [0.25, 0.3) is 0 Å². The first-order chi connectivity index (χ1) is 6.99. The summed E-state index contributed by atoms with van der Waals surface area (Å²) >= 11 is 0. The lowest BCUT2D eigenvalue weighted by Gasteiger charge is -2.10. The van der Waals surface area contributed by atoms with E-state index >= 15 is 0 Å². The molecular weight excluding hydrogens is 190 g/mol. The topological polar surface area (TPSA) is 63.5 Å². The molecule has 0 spiro atoms. The van der Waals surface area contributed by atoms with Gasteiger partial charge >= 0.3 is 0 Å². The molecule has 0 amide bonds. The van der Waals surface area contributed by atoms with Gasteiger partial charge in [0.2, 0.25) is 0 Å². The zero-order valence-corrected chi connectivity index (χ0v) is 9.74. The molecule has 1 heterocycles. The molecule has 84 valence electrons.